The molecule has 1 aliphatic rings. The Kier molecular flexibility index (Phi) is 3.60. The minimum Gasteiger partial charge on any atom is -0.496 e. The number of aryl methyl sites for hydroxylation is 1. The Morgan fingerprint density at radius 1 is 1.43 bits per heavy atom. The van der Waals surface area contributed by atoms with Crippen LogP contribution in [0.4, 0.5) is 0 Å². The zero-order chi connectivity index (χ0) is 14.8. The molecule has 0 bridgehead atoms. The largest absolute Gasteiger partial charge is 0.496 e. The lowest BCUT2D eigenvalue weighted by molar-refractivity contribution is -0.128. The minimum absolute atomic E-state index is 0.0200. The van der Waals surface area contributed by atoms with Gasteiger partial charge >= 0.3 is 0 Å². The predicted octanol–water partition coefficient (Wildman–Crippen LogP) is 1.90. The number of para-hydroxylation sites is 1. The molecule has 2 heterocycles. The number of hydrogen-bond donors (Lipinski definition) is 0. The molecule has 1 unspecified atom stereocenters. The van der Waals surface area contributed by atoms with Gasteiger partial charge in [-0.15, -0.1) is 0 Å². The number of hydrogen-bond acceptors (Lipinski definition) is 5. The second-order valence-corrected chi connectivity index (χ2v) is 5.17. The molecule has 6 nitrogen and oxygen atoms in total. The molecule has 21 heavy (non-hydrogen) atoms. The molecular formula is C15H17N3O3. The van der Waals surface area contributed by atoms with E-state index in [1.165, 1.54) is 0 Å². The van der Waals surface area contributed by atoms with Gasteiger partial charge in [0.25, 0.3) is 0 Å². The van der Waals surface area contributed by atoms with Gasteiger partial charge in [0.15, 0.2) is 5.82 Å². The van der Waals surface area contributed by atoms with Crippen LogP contribution in [-0.2, 0) is 11.3 Å². The topological polar surface area (TPSA) is 68.5 Å². The van der Waals surface area contributed by atoms with E-state index in [1.807, 2.05) is 29.2 Å². The standard InChI is InChI=1S/C15H17N3O3/c1-10-16-15(21-17-10)12-7-14(19)18(9-12)8-11-5-3-4-6-13(11)20-2/h3-6,12H,7-9H2,1-2H3. The lowest BCUT2D eigenvalue weighted by Gasteiger charge is -2.17. The van der Waals surface area contributed by atoms with E-state index in [-0.39, 0.29) is 11.8 Å². The lowest BCUT2D eigenvalue weighted by atomic mass is 10.1. The first-order valence-corrected chi connectivity index (χ1v) is 6.87. The highest BCUT2D eigenvalue weighted by molar-refractivity contribution is 5.79. The maximum Gasteiger partial charge on any atom is 0.232 e. The summed E-state index contributed by atoms with van der Waals surface area (Å²) in [6, 6.07) is 7.72. The summed E-state index contributed by atoms with van der Waals surface area (Å²) in [6.07, 6.45) is 0.413. The molecule has 0 radical (unpaired) electrons. The average Bonchev–Trinajstić information content (AvgIpc) is 3.06. The molecule has 110 valence electrons. The van der Waals surface area contributed by atoms with Gasteiger partial charge in [0.1, 0.15) is 5.75 Å². The first-order valence-electron chi connectivity index (χ1n) is 6.87. The molecule has 3 rings (SSSR count). The zero-order valence-electron chi connectivity index (χ0n) is 12.1. The van der Waals surface area contributed by atoms with Gasteiger partial charge in [-0.05, 0) is 13.0 Å². The van der Waals surface area contributed by atoms with E-state index in [0.29, 0.717) is 31.2 Å². The Morgan fingerprint density at radius 2 is 2.24 bits per heavy atom. The maximum atomic E-state index is 12.2. The summed E-state index contributed by atoms with van der Waals surface area (Å²) < 4.78 is 10.5. The van der Waals surface area contributed by atoms with Gasteiger partial charge in [-0.3, -0.25) is 4.79 Å². The molecule has 1 aromatic carbocycles. The minimum atomic E-state index is -0.0200. The maximum absolute atomic E-state index is 12.2. The summed E-state index contributed by atoms with van der Waals surface area (Å²) in [5.41, 5.74) is 0.996. The first kappa shape index (κ1) is 13.6. The highest BCUT2D eigenvalue weighted by Crippen LogP contribution is 2.29. The molecule has 1 aliphatic heterocycles. The predicted molar refractivity (Wildman–Crippen MR) is 74.8 cm³/mol. The van der Waals surface area contributed by atoms with E-state index in [9.17, 15) is 4.79 Å². The molecule has 0 N–H and O–H groups in total. The molecule has 1 aromatic heterocycles. The Bertz CT molecular complexity index is 653. The van der Waals surface area contributed by atoms with Gasteiger partial charge in [0.2, 0.25) is 11.8 Å². The first-order chi connectivity index (χ1) is 10.2. The fourth-order valence-corrected chi connectivity index (χ4v) is 2.61. The average molecular weight is 287 g/mol. The van der Waals surface area contributed by atoms with E-state index >= 15 is 0 Å². The van der Waals surface area contributed by atoms with Gasteiger partial charge in [-0.2, -0.15) is 4.98 Å². The highest BCUT2D eigenvalue weighted by Gasteiger charge is 2.34. The summed E-state index contributed by atoms with van der Waals surface area (Å²) in [5, 5.41) is 3.79. The van der Waals surface area contributed by atoms with Crippen LogP contribution in [0.25, 0.3) is 0 Å². The Hall–Kier alpha value is -2.37. The van der Waals surface area contributed by atoms with Gasteiger partial charge < -0.3 is 14.2 Å². The van der Waals surface area contributed by atoms with Crippen molar-refractivity contribution in [3.8, 4) is 5.75 Å². The van der Waals surface area contributed by atoms with Gasteiger partial charge in [-0.1, -0.05) is 23.4 Å². The number of amides is 1. The number of nitrogens with zero attached hydrogens (tertiary/aromatic N) is 3. The monoisotopic (exact) mass is 287 g/mol. The Balaban J connectivity index is 1.73. The van der Waals surface area contributed by atoms with Crippen LogP contribution in [-0.4, -0.2) is 34.6 Å². The number of carbonyl (C=O) groups excluding carboxylic acids is 1. The number of likely N-dealkylation sites (tertiary alicyclic amines) is 1. The third-order valence-corrected chi connectivity index (χ3v) is 3.66. The van der Waals surface area contributed by atoms with Crippen molar-refractivity contribution >= 4 is 5.91 Å². The lowest BCUT2D eigenvalue weighted by Crippen LogP contribution is -2.24. The van der Waals surface area contributed by atoms with Crippen LogP contribution in [0.15, 0.2) is 28.8 Å². The number of benzene rings is 1. The molecule has 6 heteroatoms. The molecular weight excluding hydrogens is 270 g/mol. The zero-order valence-corrected chi connectivity index (χ0v) is 12.1. The van der Waals surface area contributed by atoms with Gasteiger partial charge in [0.05, 0.1) is 13.0 Å². The molecule has 1 saturated heterocycles. The van der Waals surface area contributed by atoms with Crippen molar-refractivity contribution in [3.63, 3.8) is 0 Å². The molecule has 1 fully saturated rings. The van der Waals surface area contributed by atoms with Crippen LogP contribution in [0.1, 0.15) is 29.6 Å². The normalized spacial score (nSPS) is 18.3. The van der Waals surface area contributed by atoms with Gasteiger partial charge in [-0.25, -0.2) is 0 Å². The van der Waals surface area contributed by atoms with Crippen molar-refractivity contribution in [1.29, 1.82) is 0 Å². The number of methoxy groups -OCH3 is 1. The van der Waals surface area contributed by atoms with E-state index < -0.39 is 0 Å². The number of carbonyl (C=O) groups is 1. The third kappa shape index (κ3) is 2.74. The molecule has 2 aromatic rings. The Labute approximate surface area is 122 Å². The fraction of sp³-hybridized carbons (Fsp3) is 0.400. The van der Waals surface area contributed by atoms with Crippen LogP contribution < -0.4 is 4.74 Å². The third-order valence-electron chi connectivity index (χ3n) is 3.66. The summed E-state index contributed by atoms with van der Waals surface area (Å²) in [4.78, 5) is 18.2. The van der Waals surface area contributed by atoms with E-state index in [0.717, 1.165) is 11.3 Å². The van der Waals surface area contributed by atoms with Gasteiger partial charge in [0, 0.05) is 25.1 Å². The van der Waals surface area contributed by atoms with Crippen molar-refractivity contribution < 1.29 is 14.1 Å². The SMILES string of the molecule is COc1ccccc1CN1CC(c2nc(C)no2)CC1=O. The van der Waals surface area contributed by atoms with Crippen LogP contribution in [0.5, 0.6) is 5.75 Å². The smallest absolute Gasteiger partial charge is 0.232 e. The van der Waals surface area contributed by atoms with Crippen LogP contribution in [0.3, 0.4) is 0 Å². The summed E-state index contributed by atoms with van der Waals surface area (Å²) in [5.74, 6) is 2.02. The van der Waals surface area contributed by atoms with Crippen LogP contribution in [0, 0.1) is 6.92 Å². The molecule has 0 aliphatic carbocycles. The number of ether oxygens (including phenoxy) is 1. The van der Waals surface area contributed by atoms with Crippen molar-refractivity contribution in [2.24, 2.45) is 0 Å². The van der Waals surface area contributed by atoms with Crippen molar-refractivity contribution in [2.75, 3.05) is 13.7 Å². The molecule has 0 saturated carbocycles. The van der Waals surface area contributed by atoms with Crippen molar-refractivity contribution in [2.45, 2.75) is 25.8 Å². The Morgan fingerprint density at radius 3 is 2.95 bits per heavy atom. The van der Waals surface area contributed by atoms with Crippen molar-refractivity contribution in [3.05, 3.63) is 41.5 Å². The van der Waals surface area contributed by atoms with Crippen LogP contribution in [0.2, 0.25) is 0 Å². The molecule has 1 atom stereocenters. The number of aromatic nitrogens is 2. The summed E-state index contributed by atoms with van der Waals surface area (Å²) in [6.45, 7) is 2.90. The second-order valence-electron chi connectivity index (χ2n) is 5.17. The second kappa shape index (κ2) is 5.55. The molecule has 0 spiro atoms. The molecule has 1 amide bonds. The summed E-state index contributed by atoms with van der Waals surface area (Å²) >= 11 is 0. The van der Waals surface area contributed by atoms with E-state index in [2.05, 4.69) is 10.1 Å². The van der Waals surface area contributed by atoms with Crippen molar-refractivity contribution in [1.82, 2.24) is 15.0 Å². The van der Waals surface area contributed by atoms with E-state index in [1.54, 1.807) is 14.0 Å². The number of rotatable bonds is 4. The quantitative estimate of drug-likeness (QED) is 0.859. The summed E-state index contributed by atoms with van der Waals surface area (Å²) in [7, 11) is 1.63. The van der Waals surface area contributed by atoms with Crippen LogP contribution >= 0.6 is 0 Å². The fourth-order valence-electron chi connectivity index (χ4n) is 2.61. The van der Waals surface area contributed by atoms with E-state index in [4.69, 9.17) is 9.26 Å². The highest BCUT2D eigenvalue weighted by atomic mass is 16.5.